The average molecular weight is 366 g/mol. The molecule has 6 nitrogen and oxygen atoms in total. The summed E-state index contributed by atoms with van der Waals surface area (Å²) >= 11 is 0. The monoisotopic (exact) mass is 366 g/mol. The van der Waals surface area contributed by atoms with Crippen molar-refractivity contribution in [2.24, 2.45) is 11.3 Å². The van der Waals surface area contributed by atoms with Gasteiger partial charge in [0.05, 0.1) is 26.4 Å². The first-order chi connectivity index (χ1) is 12.0. The summed E-state index contributed by atoms with van der Waals surface area (Å²) in [6.07, 6.45) is 2.02. The second-order valence-corrected chi connectivity index (χ2v) is 9.39. The number of sulfonamides is 1. The van der Waals surface area contributed by atoms with Gasteiger partial charge in [-0.1, -0.05) is 6.07 Å². The SMILES string of the molecule is COc1ccc(C)cc1S(=O)(=O)N1CC2(CCNCC2)[C@H]2COC[C@H]21. The molecule has 0 amide bonds. The van der Waals surface area contributed by atoms with Crippen molar-refractivity contribution in [1.29, 1.82) is 0 Å². The molecule has 0 aliphatic carbocycles. The molecule has 25 heavy (non-hydrogen) atoms. The fourth-order valence-electron chi connectivity index (χ4n) is 4.79. The van der Waals surface area contributed by atoms with E-state index in [1.165, 1.54) is 7.11 Å². The summed E-state index contributed by atoms with van der Waals surface area (Å²) in [5, 5.41) is 3.40. The van der Waals surface area contributed by atoms with Crippen LogP contribution in [0.5, 0.6) is 5.75 Å². The lowest BCUT2D eigenvalue weighted by atomic mass is 9.70. The van der Waals surface area contributed by atoms with Crippen molar-refractivity contribution in [3.63, 3.8) is 0 Å². The lowest BCUT2D eigenvalue weighted by molar-refractivity contribution is 0.0979. The van der Waals surface area contributed by atoms with E-state index in [9.17, 15) is 8.42 Å². The van der Waals surface area contributed by atoms with Crippen LogP contribution in [0.15, 0.2) is 23.1 Å². The highest BCUT2D eigenvalue weighted by molar-refractivity contribution is 7.89. The molecule has 7 heteroatoms. The second-order valence-electron chi connectivity index (χ2n) is 7.53. The van der Waals surface area contributed by atoms with E-state index in [0.29, 0.717) is 31.4 Å². The van der Waals surface area contributed by atoms with Crippen LogP contribution >= 0.6 is 0 Å². The Bertz CT molecular complexity index is 758. The molecule has 0 aromatic heterocycles. The standard InChI is InChI=1S/C18H26N2O4S/c1-13-3-4-16(23-2)17(9-13)25(21,22)20-12-18(5-7-19-8-6-18)14-10-24-11-15(14)20/h3-4,9,14-15,19H,5-8,10-12H2,1-2H3/t14-,15+/m0/s1. The zero-order valence-electron chi connectivity index (χ0n) is 14.8. The molecular weight excluding hydrogens is 340 g/mol. The first-order valence-corrected chi connectivity index (χ1v) is 10.4. The highest BCUT2D eigenvalue weighted by Crippen LogP contribution is 2.51. The molecule has 4 rings (SSSR count). The molecule has 3 aliphatic rings. The van der Waals surface area contributed by atoms with Crippen molar-refractivity contribution in [2.45, 2.75) is 30.7 Å². The topological polar surface area (TPSA) is 67.9 Å². The van der Waals surface area contributed by atoms with Gasteiger partial charge in [0, 0.05) is 12.5 Å². The van der Waals surface area contributed by atoms with E-state index in [2.05, 4.69) is 5.32 Å². The van der Waals surface area contributed by atoms with Crippen molar-refractivity contribution in [1.82, 2.24) is 9.62 Å². The zero-order chi connectivity index (χ0) is 17.7. The Morgan fingerprint density at radius 1 is 1.28 bits per heavy atom. The maximum absolute atomic E-state index is 13.5. The smallest absolute Gasteiger partial charge is 0.247 e. The van der Waals surface area contributed by atoms with E-state index in [-0.39, 0.29) is 16.4 Å². The lowest BCUT2D eigenvalue weighted by Gasteiger charge is -2.37. The summed E-state index contributed by atoms with van der Waals surface area (Å²) in [5.41, 5.74) is 0.950. The van der Waals surface area contributed by atoms with Crippen LogP contribution < -0.4 is 10.1 Å². The highest BCUT2D eigenvalue weighted by Gasteiger charge is 2.58. The number of hydrogen-bond donors (Lipinski definition) is 1. The number of methoxy groups -OCH3 is 1. The highest BCUT2D eigenvalue weighted by atomic mass is 32.2. The van der Waals surface area contributed by atoms with Crippen LogP contribution in [0.1, 0.15) is 18.4 Å². The number of nitrogens with one attached hydrogen (secondary N) is 1. The summed E-state index contributed by atoms with van der Waals surface area (Å²) in [5.74, 6) is 0.701. The normalized spacial score (nSPS) is 29.0. The third kappa shape index (κ3) is 2.68. The molecule has 0 unspecified atom stereocenters. The van der Waals surface area contributed by atoms with Crippen molar-refractivity contribution in [3.05, 3.63) is 23.8 Å². The molecule has 3 fully saturated rings. The molecule has 0 saturated carbocycles. The molecule has 3 heterocycles. The Kier molecular flexibility index (Phi) is 4.30. The summed E-state index contributed by atoms with van der Waals surface area (Å²) < 4.78 is 39.8. The second kappa shape index (κ2) is 6.23. The summed E-state index contributed by atoms with van der Waals surface area (Å²) in [6, 6.07) is 5.26. The summed E-state index contributed by atoms with van der Waals surface area (Å²) in [7, 11) is -2.11. The Morgan fingerprint density at radius 2 is 2.04 bits per heavy atom. The van der Waals surface area contributed by atoms with Crippen molar-refractivity contribution in [2.75, 3.05) is 40.0 Å². The predicted molar refractivity (Wildman–Crippen MR) is 94.3 cm³/mol. The minimum absolute atomic E-state index is 0.0382. The largest absolute Gasteiger partial charge is 0.495 e. The van der Waals surface area contributed by atoms with E-state index in [0.717, 1.165) is 31.5 Å². The minimum Gasteiger partial charge on any atom is -0.495 e. The van der Waals surface area contributed by atoms with Gasteiger partial charge in [-0.15, -0.1) is 0 Å². The number of benzene rings is 1. The third-order valence-corrected chi connectivity index (χ3v) is 8.07. The molecule has 138 valence electrons. The maximum Gasteiger partial charge on any atom is 0.247 e. The van der Waals surface area contributed by atoms with Crippen molar-refractivity contribution < 1.29 is 17.9 Å². The van der Waals surface area contributed by atoms with Crippen LogP contribution in [0.2, 0.25) is 0 Å². The van der Waals surface area contributed by atoms with Crippen LogP contribution in [0.3, 0.4) is 0 Å². The van der Waals surface area contributed by atoms with Gasteiger partial charge in [0.1, 0.15) is 10.6 Å². The first kappa shape index (κ1) is 17.3. The van der Waals surface area contributed by atoms with Gasteiger partial charge in [-0.2, -0.15) is 4.31 Å². The number of hydrogen-bond acceptors (Lipinski definition) is 5. The number of aryl methyl sites for hydroxylation is 1. The molecule has 2 atom stereocenters. The Morgan fingerprint density at radius 3 is 2.76 bits per heavy atom. The molecule has 1 aromatic rings. The Hall–Kier alpha value is -1.15. The van der Waals surface area contributed by atoms with Gasteiger partial charge in [0.25, 0.3) is 0 Å². The van der Waals surface area contributed by atoms with Gasteiger partial charge in [0.2, 0.25) is 10.0 Å². The number of nitrogens with zero attached hydrogens (tertiary/aromatic N) is 1. The van der Waals surface area contributed by atoms with Crippen LogP contribution in [-0.2, 0) is 14.8 Å². The Balaban J connectivity index is 1.75. The quantitative estimate of drug-likeness (QED) is 0.876. The molecule has 3 aliphatic heterocycles. The summed E-state index contributed by atoms with van der Waals surface area (Å²) in [4.78, 5) is 0.270. The molecule has 1 aromatic carbocycles. The summed E-state index contributed by atoms with van der Waals surface area (Å²) in [6.45, 7) is 5.55. The molecule has 1 spiro atoms. The van der Waals surface area contributed by atoms with Gasteiger partial charge < -0.3 is 14.8 Å². The van der Waals surface area contributed by atoms with E-state index in [1.807, 2.05) is 13.0 Å². The van der Waals surface area contributed by atoms with Gasteiger partial charge in [-0.3, -0.25) is 0 Å². The van der Waals surface area contributed by atoms with E-state index in [4.69, 9.17) is 9.47 Å². The minimum atomic E-state index is -3.63. The molecule has 0 bridgehead atoms. The first-order valence-electron chi connectivity index (χ1n) is 8.93. The zero-order valence-corrected chi connectivity index (χ0v) is 15.6. The number of ether oxygens (including phenoxy) is 2. The molecule has 0 radical (unpaired) electrons. The van der Waals surface area contributed by atoms with Crippen LogP contribution in [0, 0.1) is 18.3 Å². The predicted octanol–water partition coefficient (Wildman–Crippen LogP) is 1.39. The van der Waals surface area contributed by atoms with Crippen LogP contribution in [0.4, 0.5) is 0 Å². The fourth-order valence-corrected chi connectivity index (χ4v) is 6.77. The van der Waals surface area contributed by atoms with Gasteiger partial charge >= 0.3 is 0 Å². The van der Waals surface area contributed by atoms with E-state index < -0.39 is 10.0 Å². The van der Waals surface area contributed by atoms with Crippen LogP contribution in [-0.4, -0.2) is 58.7 Å². The molecular formula is C18H26N2O4S. The van der Waals surface area contributed by atoms with Crippen molar-refractivity contribution >= 4 is 10.0 Å². The van der Waals surface area contributed by atoms with Gasteiger partial charge in [0.15, 0.2) is 0 Å². The average Bonchev–Trinajstić information content (AvgIpc) is 3.19. The fraction of sp³-hybridized carbons (Fsp3) is 0.667. The van der Waals surface area contributed by atoms with E-state index in [1.54, 1.807) is 16.4 Å². The molecule has 1 N–H and O–H groups in total. The van der Waals surface area contributed by atoms with Gasteiger partial charge in [-0.05, 0) is 56.0 Å². The Labute approximate surface area is 149 Å². The number of rotatable bonds is 3. The maximum atomic E-state index is 13.5. The molecule has 3 saturated heterocycles. The van der Waals surface area contributed by atoms with E-state index >= 15 is 0 Å². The van der Waals surface area contributed by atoms with Gasteiger partial charge in [-0.25, -0.2) is 8.42 Å². The number of piperidine rings is 1. The van der Waals surface area contributed by atoms with Crippen LogP contribution in [0.25, 0.3) is 0 Å². The third-order valence-electron chi connectivity index (χ3n) is 6.18. The number of fused-ring (bicyclic) bond motifs is 2. The van der Waals surface area contributed by atoms with Crippen molar-refractivity contribution in [3.8, 4) is 5.75 Å². The lowest BCUT2D eigenvalue weighted by Crippen LogP contribution is -2.43.